The van der Waals surface area contributed by atoms with Crippen LogP contribution in [0.25, 0.3) is 17.0 Å². The van der Waals surface area contributed by atoms with Crippen molar-refractivity contribution in [3.8, 4) is 22.9 Å². The summed E-state index contributed by atoms with van der Waals surface area (Å²) >= 11 is 0. The summed E-state index contributed by atoms with van der Waals surface area (Å²) in [6.07, 6.45) is 1.95. The molecule has 0 bridgehead atoms. The van der Waals surface area contributed by atoms with Crippen LogP contribution in [0, 0.1) is 6.92 Å². The van der Waals surface area contributed by atoms with E-state index in [1.54, 1.807) is 14.2 Å². The molecule has 2 heterocycles. The van der Waals surface area contributed by atoms with E-state index in [0.717, 1.165) is 11.1 Å². The van der Waals surface area contributed by atoms with Gasteiger partial charge in [-0.25, -0.2) is 0 Å². The molecule has 0 saturated carbocycles. The average Bonchev–Trinajstić information content (AvgIpc) is 2.90. The third-order valence-electron chi connectivity index (χ3n) is 3.28. The number of nitrogens with zero attached hydrogens (tertiary/aromatic N) is 3. The maximum Gasteiger partial charge on any atom is 0.184 e. The summed E-state index contributed by atoms with van der Waals surface area (Å²) in [7, 11) is 3.23. The number of anilines is 1. The fourth-order valence-corrected chi connectivity index (χ4v) is 2.29. The molecule has 0 radical (unpaired) electrons. The number of nitrogen functional groups attached to an aromatic ring is 1. The second-order valence-corrected chi connectivity index (χ2v) is 4.79. The fourth-order valence-electron chi connectivity index (χ4n) is 2.29. The van der Waals surface area contributed by atoms with Gasteiger partial charge in [-0.2, -0.15) is 0 Å². The minimum absolute atomic E-state index is 0.601. The molecule has 6 nitrogen and oxygen atoms in total. The molecule has 0 aliphatic carbocycles. The summed E-state index contributed by atoms with van der Waals surface area (Å²) < 4.78 is 12.5. The van der Waals surface area contributed by atoms with Crippen LogP contribution < -0.4 is 15.2 Å². The molecule has 2 aromatic heterocycles. The van der Waals surface area contributed by atoms with E-state index in [1.807, 2.05) is 41.8 Å². The molecule has 0 spiro atoms. The molecule has 0 aliphatic rings. The third kappa shape index (κ3) is 2.24. The molecule has 0 aliphatic heterocycles. The highest BCUT2D eigenvalue weighted by atomic mass is 16.5. The van der Waals surface area contributed by atoms with Crippen molar-refractivity contribution in [1.29, 1.82) is 0 Å². The molecule has 108 valence electrons. The summed E-state index contributed by atoms with van der Waals surface area (Å²) in [5.74, 6) is 2.08. The lowest BCUT2D eigenvalue weighted by Gasteiger charge is -2.08. The number of methoxy groups -OCH3 is 2. The van der Waals surface area contributed by atoms with Crippen LogP contribution in [0.15, 0.2) is 30.5 Å². The van der Waals surface area contributed by atoms with Crippen LogP contribution in [0.1, 0.15) is 5.56 Å². The van der Waals surface area contributed by atoms with E-state index < -0.39 is 0 Å². The van der Waals surface area contributed by atoms with Crippen molar-refractivity contribution in [2.75, 3.05) is 20.0 Å². The number of aryl methyl sites for hydroxylation is 1. The quantitative estimate of drug-likeness (QED) is 0.798. The van der Waals surface area contributed by atoms with Gasteiger partial charge in [0.1, 0.15) is 11.5 Å². The topological polar surface area (TPSA) is 74.7 Å². The minimum Gasteiger partial charge on any atom is -0.497 e. The Morgan fingerprint density at radius 1 is 1.00 bits per heavy atom. The highest BCUT2D eigenvalue weighted by Crippen LogP contribution is 2.29. The normalized spacial score (nSPS) is 10.8. The van der Waals surface area contributed by atoms with Crippen molar-refractivity contribution in [2.45, 2.75) is 6.92 Å². The molecule has 0 saturated heterocycles. The second kappa shape index (κ2) is 4.97. The smallest absolute Gasteiger partial charge is 0.184 e. The average molecular weight is 284 g/mol. The number of ether oxygens (including phenoxy) is 2. The van der Waals surface area contributed by atoms with Crippen LogP contribution in [-0.2, 0) is 0 Å². The van der Waals surface area contributed by atoms with Crippen molar-refractivity contribution in [3.63, 3.8) is 0 Å². The summed E-state index contributed by atoms with van der Waals surface area (Å²) in [5.41, 5.74) is 9.11. The van der Waals surface area contributed by atoms with E-state index in [2.05, 4.69) is 10.2 Å². The van der Waals surface area contributed by atoms with E-state index in [9.17, 15) is 0 Å². The number of benzene rings is 1. The van der Waals surface area contributed by atoms with E-state index in [1.165, 1.54) is 0 Å². The molecule has 0 unspecified atom stereocenters. The van der Waals surface area contributed by atoms with Gasteiger partial charge in [-0.15, -0.1) is 10.2 Å². The number of fused-ring (bicyclic) bond motifs is 1. The zero-order chi connectivity index (χ0) is 15.0. The van der Waals surface area contributed by atoms with E-state index >= 15 is 0 Å². The molecule has 1 aromatic carbocycles. The second-order valence-electron chi connectivity index (χ2n) is 4.79. The molecule has 0 amide bonds. The summed E-state index contributed by atoms with van der Waals surface area (Å²) in [5, 5.41) is 8.39. The number of rotatable bonds is 3. The van der Waals surface area contributed by atoms with Gasteiger partial charge in [0.05, 0.1) is 19.9 Å². The lowest BCUT2D eigenvalue weighted by atomic mass is 10.2. The Labute approximate surface area is 122 Å². The number of pyridine rings is 1. The Morgan fingerprint density at radius 3 is 2.29 bits per heavy atom. The van der Waals surface area contributed by atoms with Crippen LogP contribution in [0.5, 0.6) is 11.5 Å². The number of aromatic nitrogens is 3. The molecule has 2 N–H and O–H groups in total. The van der Waals surface area contributed by atoms with Gasteiger partial charge in [-0.05, 0) is 30.7 Å². The van der Waals surface area contributed by atoms with E-state index in [4.69, 9.17) is 15.2 Å². The van der Waals surface area contributed by atoms with Crippen molar-refractivity contribution >= 4 is 11.3 Å². The minimum atomic E-state index is 0.601. The predicted molar refractivity (Wildman–Crippen MR) is 80.7 cm³/mol. The van der Waals surface area contributed by atoms with E-state index in [0.29, 0.717) is 28.7 Å². The lowest BCUT2D eigenvalue weighted by molar-refractivity contribution is 0.394. The molecular weight excluding hydrogens is 268 g/mol. The Hall–Kier alpha value is -2.76. The largest absolute Gasteiger partial charge is 0.497 e. The number of nitrogens with two attached hydrogens (primary N) is 1. The van der Waals surface area contributed by atoms with Crippen LogP contribution in [0.2, 0.25) is 0 Å². The van der Waals surface area contributed by atoms with Crippen LogP contribution in [-0.4, -0.2) is 28.8 Å². The highest BCUT2D eigenvalue weighted by Gasteiger charge is 2.13. The molecule has 0 atom stereocenters. The predicted octanol–water partition coefficient (Wildman–Crippen LogP) is 2.30. The standard InChI is InChI=1S/C15H16N4O2/c1-9-4-13(16)15-18-17-14(19(15)8-9)10-5-11(20-2)7-12(6-10)21-3/h4-8H,16H2,1-3H3. The summed E-state index contributed by atoms with van der Waals surface area (Å²) in [4.78, 5) is 0. The van der Waals surface area contributed by atoms with Crippen LogP contribution >= 0.6 is 0 Å². The first-order valence-electron chi connectivity index (χ1n) is 6.46. The number of hydrogen-bond donors (Lipinski definition) is 1. The lowest BCUT2D eigenvalue weighted by Crippen LogP contribution is -1.96. The zero-order valence-electron chi connectivity index (χ0n) is 12.1. The summed E-state index contributed by atoms with van der Waals surface area (Å²) in [6.45, 7) is 1.98. The Balaban J connectivity index is 2.25. The Kier molecular flexibility index (Phi) is 3.13. The fraction of sp³-hybridized carbons (Fsp3) is 0.200. The first-order chi connectivity index (χ1) is 10.1. The van der Waals surface area contributed by atoms with Crippen molar-refractivity contribution < 1.29 is 9.47 Å². The van der Waals surface area contributed by atoms with Crippen molar-refractivity contribution in [1.82, 2.24) is 14.6 Å². The number of hydrogen-bond acceptors (Lipinski definition) is 5. The van der Waals surface area contributed by atoms with Gasteiger partial charge < -0.3 is 15.2 Å². The van der Waals surface area contributed by atoms with Gasteiger partial charge in [-0.1, -0.05) is 0 Å². The summed E-state index contributed by atoms with van der Waals surface area (Å²) in [6, 6.07) is 7.46. The van der Waals surface area contributed by atoms with Crippen molar-refractivity contribution in [2.24, 2.45) is 0 Å². The zero-order valence-corrected chi connectivity index (χ0v) is 12.1. The first kappa shape index (κ1) is 13.2. The molecule has 3 aromatic rings. The molecule has 6 heteroatoms. The van der Waals surface area contributed by atoms with Crippen LogP contribution in [0.3, 0.4) is 0 Å². The highest BCUT2D eigenvalue weighted by molar-refractivity contribution is 5.71. The molecule has 0 fully saturated rings. The first-order valence-corrected chi connectivity index (χ1v) is 6.46. The molecule has 21 heavy (non-hydrogen) atoms. The van der Waals surface area contributed by atoms with Gasteiger partial charge >= 0.3 is 0 Å². The molecular formula is C15H16N4O2. The third-order valence-corrected chi connectivity index (χ3v) is 3.28. The van der Waals surface area contributed by atoms with Crippen LogP contribution in [0.4, 0.5) is 5.69 Å². The van der Waals surface area contributed by atoms with E-state index in [-0.39, 0.29) is 0 Å². The van der Waals surface area contributed by atoms with Gasteiger partial charge in [0.15, 0.2) is 11.5 Å². The van der Waals surface area contributed by atoms with Gasteiger partial charge in [-0.3, -0.25) is 4.40 Å². The molecule has 3 rings (SSSR count). The monoisotopic (exact) mass is 284 g/mol. The maximum atomic E-state index is 5.99. The Morgan fingerprint density at radius 2 is 1.67 bits per heavy atom. The van der Waals surface area contributed by atoms with Gasteiger partial charge in [0.25, 0.3) is 0 Å². The maximum absolute atomic E-state index is 5.99. The Bertz CT molecular complexity index is 789. The SMILES string of the molecule is COc1cc(OC)cc(-c2nnc3c(N)cc(C)cn23)c1. The van der Waals surface area contributed by atoms with Gasteiger partial charge in [0.2, 0.25) is 0 Å². The van der Waals surface area contributed by atoms with Crippen molar-refractivity contribution in [3.05, 3.63) is 36.0 Å². The van der Waals surface area contributed by atoms with Gasteiger partial charge in [0, 0.05) is 17.8 Å².